The van der Waals surface area contributed by atoms with Crippen LogP contribution in [0.4, 0.5) is 5.82 Å². The zero-order valence-corrected chi connectivity index (χ0v) is 15.3. The van der Waals surface area contributed by atoms with E-state index >= 15 is 0 Å². The monoisotopic (exact) mass is 363 g/mol. The molecule has 0 bridgehead atoms. The minimum absolute atomic E-state index is 0.319. The van der Waals surface area contributed by atoms with Gasteiger partial charge < -0.3 is 14.4 Å². The van der Waals surface area contributed by atoms with Crippen molar-refractivity contribution in [3.05, 3.63) is 48.0 Å². The number of nitrogens with zero attached hydrogens (tertiary/aromatic N) is 5. The fourth-order valence-electron chi connectivity index (χ4n) is 3.73. The van der Waals surface area contributed by atoms with Crippen molar-refractivity contribution in [3.8, 4) is 11.5 Å². The van der Waals surface area contributed by atoms with Crippen molar-refractivity contribution in [2.45, 2.75) is 13.5 Å². The number of aryl methyl sites for hydroxylation is 1. The highest BCUT2D eigenvalue weighted by atomic mass is 16.7. The second-order valence-corrected chi connectivity index (χ2v) is 6.94. The van der Waals surface area contributed by atoms with Gasteiger partial charge in [0.2, 0.25) is 6.79 Å². The second kappa shape index (κ2) is 6.66. The molecule has 138 valence electrons. The highest BCUT2D eigenvalue weighted by molar-refractivity contribution is 5.88. The van der Waals surface area contributed by atoms with Crippen molar-refractivity contribution in [1.82, 2.24) is 19.9 Å². The Kier molecular flexibility index (Phi) is 4.01. The third-order valence-electron chi connectivity index (χ3n) is 5.11. The number of rotatable bonds is 3. The molecule has 0 radical (unpaired) electrons. The lowest BCUT2D eigenvalue weighted by Crippen LogP contribution is -2.46. The van der Waals surface area contributed by atoms with Gasteiger partial charge in [-0.3, -0.25) is 9.88 Å². The van der Waals surface area contributed by atoms with Gasteiger partial charge in [-0.25, -0.2) is 9.97 Å². The van der Waals surface area contributed by atoms with Crippen molar-refractivity contribution in [3.63, 3.8) is 0 Å². The van der Waals surface area contributed by atoms with Crippen molar-refractivity contribution < 1.29 is 9.47 Å². The van der Waals surface area contributed by atoms with Crippen LogP contribution in [0.15, 0.2) is 36.7 Å². The number of benzene rings is 1. The minimum Gasteiger partial charge on any atom is -0.454 e. The van der Waals surface area contributed by atoms with E-state index < -0.39 is 0 Å². The molecule has 0 unspecified atom stereocenters. The molecular formula is C20H21N5O2. The Bertz CT molecular complexity index is 985. The van der Waals surface area contributed by atoms with E-state index in [4.69, 9.17) is 14.5 Å². The number of anilines is 1. The van der Waals surface area contributed by atoms with Crippen LogP contribution in [-0.2, 0) is 6.54 Å². The van der Waals surface area contributed by atoms with Gasteiger partial charge in [-0.05, 0) is 30.7 Å². The van der Waals surface area contributed by atoms with E-state index in [0.717, 1.165) is 66.8 Å². The van der Waals surface area contributed by atoms with Gasteiger partial charge in [0, 0.05) is 44.3 Å². The third kappa shape index (κ3) is 3.14. The molecule has 0 atom stereocenters. The molecule has 0 spiro atoms. The predicted octanol–water partition coefficient (Wildman–Crippen LogP) is 2.38. The maximum absolute atomic E-state index is 5.49. The topological polar surface area (TPSA) is 63.6 Å². The van der Waals surface area contributed by atoms with E-state index in [-0.39, 0.29) is 0 Å². The van der Waals surface area contributed by atoms with E-state index in [9.17, 15) is 0 Å². The molecule has 2 aliphatic heterocycles. The average molecular weight is 363 g/mol. The molecule has 7 heteroatoms. The average Bonchev–Trinajstić information content (AvgIpc) is 3.16. The summed E-state index contributed by atoms with van der Waals surface area (Å²) in [7, 11) is 0. The summed E-state index contributed by atoms with van der Waals surface area (Å²) in [4.78, 5) is 18.2. The van der Waals surface area contributed by atoms with Gasteiger partial charge in [-0.15, -0.1) is 0 Å². The summed E-state index contributed by atoms with van der Waals surface area (Å²) < 4.78 is 10.9. The number of aromatic nitrogens is 3. The number of piperazine rings is 1. The molecule has 2 aromatic heterocycles. The van der Waals surface area contributed by atoms with Crippen LogP contribution >= 0.6 is 0 Å². The van der Waals surface area contributed by atoms with Crippen molar-refractivity contribution >= 4 is 16.7 Å². The fourth-order valence-corrected chi connectivity index (χ4v) is 3.73. The predicted molar refractivity (Wildman–Crippen MR) is 102 cm³/mol. The lowest BCUT2D eigenvalue weighted by Gasteiger charge is -2.36. The number of fused-ring (bicyclic) bond motifs is 2. The number of ether oxygens (including phenoxy) is 2. The first kappa shape index (κ1) is 16.3. The van der Waals surface area contributed by atoms with E-state index in [1.807, 2.05) is 25.3 Å². The van der Waals surface area contributed by atoms with Crippen LogP contribution in [0.2, 0.25) is 0 Å². The van der Waals surface area contributed by atoms with Crippen LogP contribution < -0.4 is 14.4 Å². The summed E-state index contributed by atoms with van der Waals surface area (Å²) in [5.74, 6) is 3.49. The zero-order chi connectivity index (χ0) is 18.2. The molecular weight excluding hydrogens is 342 g/mol. The van der Waals surface area contributed by atoms with E-state index in [2.05, 4.69) is 31.9 Å². The standard InChI is InChI=1S/C20H21N5O2/c1-14-22-17-11-21-5-4-16(17)20(23-14)25-8-6-24(7-9-25)12-15-2-3-18-19(10-15)27-13-26-18/h2-5,10-11H,6-9,12-13H2,1H3. The third-order valence-corrected chi connectivity index (χ3v) is 5.11. The van der Waals surface area contributed by atoms with Crippen molar-refractivity contribution in [2.24, 2.45) is 0 Å². The van der Waals surface area contributed by atoms with Crippen molar-refractivity contribution in [1.29, 1.82) is 0 Å². The molecule has 27 heavy (non-hydrogen) atoms. The molecule has 1 fully saturated rings. The molecule has 0 saturated carbocycles. The summed E-state index contributed by atoms with van der Waals surface area (Å²) in [6.45, 7) is 7.04. The molecule has 0 N–H and O–H groups in total. The Hall–Kier alpha value is -2.93. The second-order valence-electron chi connectivity index (χ2n) is 6.94. The van der Waals surface area contributed by atoms with Crippen LogP contribution in [0.5, 0.6) is 11.5 Å². The number of hydrogen-bond donors (Lipinski definition) is 0. The van der Waals surface area contributed by atoms with Gasteiger partial charge in [0.15, 0.2) is 11.5 Å². The molecule has 4 heterocycles. The van der Waals surface area contributed by atoms with Gasteiger partial charge in [0.1, 0.15) is 11.6 Å². The van der Waals surface area contributed by atoms with Crippen LogP contribution in [0.25, 0.3) is 10.9 Å². The van der Waals surface area contributed by atoms with Crippen LogP contribution in [0.1, 0.15) is 11.4 Å². The largest absolute Gasteiger partial charge is 0.454 e. The molecule has 0 amide bonds. The maximum Gasteiger partial charge on any atom is 0.231 e. The van der Waals surface area contributed by atoms with Gasteiger partial charge in [0.05, 0.1) is 11.7 Å². The van der Waals surface area contributed by atoms with Gasteiger partial charge in [-0.2, -0.15) is 0 Å². The summed E-state index contributed by atoms with van der Waals surface area (Å²) in [6, 6.07) is 8.21. The lowest BCUT2D eigenvalue weighted by molar-refractivity contribution is 0.174. The highest BCUT2D eigenvalue weighted by Gasteiger charge is 2.21. The van der Waals surface area contributed by atoms with Gasteiger partial charge in [0.25, 0.3) is 0 Å². The van der Waals surface area contributed by atoms with Gasteiger partial charge >= 0.3 is 0 Å². The summed E-state index contributed by atoms with van der Waals surface area (Å²) in [5.41, 5.74) is 2.16. The Balaban J connectivity index is 1.29. The summed E-state index contributed by atoms with van der Waals surface area (Å²) >= 11 is 0. The molecule has 2 aliphatic rings. The van der Waals surface area contributed by atoms with Crippen LogP contribution in [-0.4, -0.2) is 52.8 Å². The smallest absolute Gasteiger partial charge is 0.231 e. The Morgan fingerprint density at radius 3 is 2.74 bits per heavy atom. The first-order valence-electron chi connectivity index (χ1n) is 9.20. The molecule has 0 aliphatic carbocycles. The molecule has 1 saturated heterocycles. The quantitative estimate of drug-likeness (QED) is 0.708. The first-order valence-corrected chi connectivity index (χ1v) is 9.20. The van der Waals surface area contributed by atoms with Crippen molar-refractivity contribution in [2.75, 3.05) is 37.9 Å². The normalized spacial score (nSPS) is 16.9. The van der Waals surface area contributed by atoms with E-state index in [1.54, 1.807) is 6.20 Å². The molecule has 1 aromatic carbocycles. The Morgan fingerprint density at radius 1 is 1.00 bits per heavy atom. The minimum atomic E-state index is 0.319. The Morgan fingerprint density at radius 2 is 1.85 bits per heavy atom. The fraction of sp³-hybridized carbons (Fsp3) is 0.350. The first-order chi connectivity index (χ1) is 13.3. The maximum atomic E-state index is 5.49. The summed E-state index contributed by atoms with van der Waals surface area (Å²) in [6.07, 6.45) is 3.61. The number of hydrogen-bond acceptors (Lipinski definition) is 7. The SMILES string of the molecule is Cc1nc(N2CCN(Cc3ccc4c(c3)OCO4)CC2)c2ccncc2n1. The molecule has 7 nitrogen and oxygen atoms in total. The van der Waals surface area contributed by atoms with Crippen LogP contribution in [0, 0.1) is 6.92 Å². The van der Waals surface area contributed by atoms with E-state index in [0.29, 0.717) is 6.79 Å². The Labute approximate surface area is 157 Å². The van der Waals surface area contributed by atoms with Crippen LogP contribution in [0.3, 0.4) is 0 Å². The van der Waals surface area contributed by atoms with Gasteiger partial charge in [-0.1, -0.05) is 6.07 Å². The lowest BCUT2D eigenvalue weighted by atomic mass is 10.1. The highest BCUT2D eigenvalue weighted by Crippen LogP contribution is 2.33. The molecule has 5 rings (SSSR count). The molecule has 3 aromatic rings. The number of pyridine rings is 1. The van der Waals surface area contributed by atoms with E-state index in [1.165, 1.54) is 5.56 Å². The zero-order valence-electron chi connectivity index (χ0n) is 15.3. The summed E-state index contributed by atoms with van der Waals surface area (Å²) in [5, 5.41) is 1.07.